The van der Waals surface area contributed by atoms with Gasteiger partial charge in [-0.2, -0.15) is 0 Å². The Hall–Kier alpha value is -1.10. The number of hydrogen-bond acceptors (Lipinski definition) is 3. The van der Waals surface area contributed by atoms with Crippen LogP contribution in [-0.2, 0) is 14.3 Å². The Morgan fingerprint density at radius 3 is 2.64 bits per heavy atom. The summed E-state index contributed by atoms with van der Waals surface area (Å²) in [6, 6.07) is 0. The number of nitrogens with one attached hydrogen (secondary N) is 1. The van der Waals surface area contributed by atoms with Crippen LogP contribution in [0.5, 0.6) is 0 Å². The molecule has 2 amide bonds. The van der Waals surface area contributed by atoms with Crippen LogP contribution in [0.1, 0.15) is 6.92 Å². The van der Waals surface area contributed by atoms with Crippen molar-refractivity contribution in [2.45, 2.75) is 6.92 Å². The van der Waals surface area contributed by atoms with Crippen molar-refractivity contribution in [2.24, 2.45) is 5.92 Å². The van der Waals surface area contributed by atoms with Crippen molar-refractivity contribution in [3.63, 3.8) is 0 Å². The van der Waals surface area contributed by atoms with E-state index in [2.05, 4.69) is 5.32 Å². The second-order valence-electron chi connectivity index (χ2n) is 3.40. The fourth-order valence-electron chi connectivity index (χ4n) is 1.32. The lowest BCUT2D eigenvalue weighted by Crippen LogP contribution is -2.55. The van der Waals surface area contributed by atoms with Gasteiger partial charge < -0.3 is 15.0 Å². The molecule has 5 nitrogen and oxygen atoms in total. The van der Waals surface area contributed by atoms with Gasteiger partial charge in [-0.05, 0) is 0 Å². The minimum atomic E-state index is -0.0317. The fraction of sp³-hybridized carbons (Fsp3) is 0.778. The third-order valence-corrected chi connectivity index (χ3v) is 2.30. The molecule has 0 atom stereocenters. The van der Waals surface area contributed by atoms with Gasteiger partial charge in [0.15, 0.2) is 0 Å². The first kappa shape index (κ1) is 11.0. The van der Waals surface area contributed by atoms with Crippen LogP contribution in [-0.4, -0.2) is 50.1 Å². The van der Waals surface area contributed by atoms with E-state index >= 15 is 0 Å². The molecule has 0 aromatic heterocycles. The molecule has 0 bridgehead atoms. The van der Waals surface area contributed by atoms with Crippen LogP contribution in [0.25, 0.3) is 0 Å². The molecule has 14 heavy (non-hydrogen) atoms. The molecule has 1 saturated heterocycles. The Morgan fingerprint density at radius 2 is 2.14 bits per heavy atom. The Labute approximate surface area is 83.4 Å². The van der Waals surface area contributed by atoms with Gasteiger partial charge in [0.1, 0.15) is 0 Å². The van der Waals surface area contributed by atoms with Crippen LogP contribution < -0.4 is 5.32 Å². The summed E-state index contributed by atoms with van der Waals surface area (Å²) in [5, 5.41) is 2.74. The Bertz CT molecular complexity index is 224. The summed E-state index contributed by atoms with van der Waals surface area (Å²) in [6.45, 7) is 3.67. The molecule has 0 saturated carbocycles. The lowest BCUT2D eigenvalue weighted by atomic mass is 9.99. The van der Waals surface area contributed by atoms with Gasteiger partial charge in [0.05, 0.1) is 12.5 Å². The second kappa shape index (κ2) is 4.95. The van der Waals surface area contributed by atoms with Crippen molar-refractivity contribution in [3.05, 3.63) is 0 Å². The zero-order chi connectivity index (χ0) is 10.6. The molecule has 1 aliphatic rings. The minimum absolute atomic E-state index is 0.0135. The van der Waals surface area contributed by atoms with E-state index in [1.54, 1.807) is 12.0 Å². The van der Waals surface area contributed by atoms with Gasteiger partial charge in [-0.25, -0.2) is 0 Å². The predicted octanol–water partition coefficient (Wildman–Crippen LogP) is -0.773. The van der Waals surface area contributed by atoms with Crippen LogP contribution in [0, 0.1) is 5.92 Å². The summed E-state index contributed by atoms with van der Waals surface area (Å²) >= 11 is 0. The first-order chi connectivity index (χ1) is 6.65. The van der Waals surface area contributed by atoms with Gasteiger partial charge >= 0.3 is 0 Å². The average Bonchev–Trinajstić information content (AvgIpc) is 2.01. The zero-order valence-electron chi connectivity index (χ0n) is 8.58. The maximum absolute atomic E-state index is 11.4. The summed E-state index contributed by atoms with van der Waals surface area (Å²) in [7, 11) is 1.59. The molecule has 0 spiro atoms. The first-order valence-electron chi connectivity index (χ1n) is 4.67. The van der Waals surface area contributed by atoms with Crippen molar-refractivity contribution in [2.75, 3.05) is 33.4 Å². The molecule has 1 aliphatic heterocycles. The summed E-state index contributed by atoms with van der Waals surface area (Å²) in [4.78, 5) is 23.8. The number of carbonyl (C=O) groups excluding carboxylic acids is 2. The van der Waals surface area contributed by atoms with Crippen LogP contribution >= 0.6 is 0 Å². The zero-order valence-corrected chi connectivity index (χ0v) is 8.58. The Kier molecular flexibility index (Phi) is 3.88. The molecular weight excluding hydrogens is 184 g/mol. The molecule has 1 fully saturated rings. The van der Waals surface area contributed by atoms with Crippen molar-refractivity contribution < 1.29 is 14.3 Å². The largest absolute Gasteiger partial charge is 0.383 e. The summed E-state index contributed by atoms with van der Waals surface area (Å²) in [6.07, 6.45) is 0. The van der Waals surface area contributed by atoms with Crippen molar-refractivity contribution in [3.8, 4) is 0 Å². The van der Waals surface area contributed by atoms with Crippen molar-refractivity contribution in [1.29, 1.82) is 0 Å². The molecule has 0 radical (unpaired) electrons. The molecule has 0 aromatic rings. The Balaban J connectivity index is 2.13. The number of nitrogens with zero attached hydrogens (tertiary/aromatic N) is 1. The predicted molar refractivity (Wildman–Crippen MR) is 50.6 cm³/mol. The standard InChI is InChI=1S/C9H16N2O3/c1-7(12)11-5-8(6-11)9(13)10-3-4-14-2/h8H,3-6H2,1-2H3,(H,10,13). The number of carbonyl (C=O) groups is 2. The highest BCUT2D eigenvalue weighted by atomic mass is 16.5. The molecule has 5 heteroatoms. The Morgan fingerprint density at radius 1 is 1.50 bits per heavy atom. The smallest absolute Gasteiger partial charge is 0.226 e. The number of methoxy groups -OCH3 is 1. The van der Waals surface area contributed by atoms with Gasteiger partial charge in [-0.15, -0.1) is 0 Å². The summed E-state index contributed by atoms with van der Waals surface area (Å²) < 4.78 is 4.80. The highest BCUT2D eigenvalue weighted by Crippen LogP contribution is 2.14. The second-order valence-corrected chi connectivity index (χ2v) is 3.40. The lowest BCUT2D eigenvalue weighted by Gasteiger charge is -2.37. The third-order valence-electron chi connectivity index (χ3n) is 2.30. The van der Waals surface area contributed by atoms with E-state index in [1.165, 1.54) is 6.92 Å². The van der Waals surface area contributed by atoms with Gasteiger partial charge in [-0.3, -0.25) is 9.59 Å². The van der Waals surface area contributed by atoms with E-state index in [-0.39, 0.29) is 17.7 Å². The van der Waals surface area contributed by atoms with Gasteiger partial charge in [0.2, 0.25) is 11.8 Å². The number of ether oxygens (including phenoxy) is 1. The topological polar surface area (TPSA) is 58.6 Å². The molecule has 0 unspecified atom stereocenters. The minimum Gasteiger partial charge on any atom is -0.383 e. The van der Waals surface area contributed by atoms with Crippen LogP contribution in [0.2, 0.25) is 0 Å². The highest BCUT2D eigenvalue weighted by molar-refractivity contribution is 5.83. The molecule has 0 aromatic carbocycles. The van der Waals surface area contributed by atoms with E-state index in [9.17, 15) is 9.59 Å². The van der Waals surface area contributed by atoms with Gasteiger partial charge in [0.25, 0.3) is 0 Å². The summed E-state index contributed by atoms with van der Waals surface area (Å²) in [5.41, 5.74) is 0. The van der Waals surface area contributed by atoms with E-state index < -0.39 is 0 Å². The first-order valence-corrected chi connectivity index (χ1v) is 4.67. The summed E-state index contributed by atoms with van der Waals surface area (Å²) in [5.74, 6) is 0.0150. The molecule has 1 N–H and O–H groups in total. The van der Waals surface area contributed by atoms with Gasteiger partial charge in [-0.1, -0.05) is 0 Å². The normalized spacial score (nSPS) is 16.3. The third kappa shape index (κ3) is 2.70. The monoisotopic (exact) mass is 200 g/mol. The quantitative estimate of drug-likeness (QED) is 0.606. The molecule has 1 heterocycles. The molecule has 0 aliphatic carbocycles. The number of rotatable bonds is 4. The van der Waals surface area contributed by atoms with E-state index in [0.29, 0.717) is 26.2 Å². The average molecular weight is 200 g/mol. The molecule has 1 rings (SSSR count). The molecule has 80 valence electrons. The van der Waals surface area contributed by atoms with Crippen LogP contribution in [0.4, 0.5) is 0 Å². The highest BCUT2D eigenvalue weighted by Gasteiger charge is 2.33. The fourth-order valence-corrected chi connectivity index (χ4v) is 1.32. The van der Waals surface area contributed by atoms with Crippen molar-refractivity contribution >= 4 is 11.8 Å². The maximum atomic E-state index is 11.4. The number of hydrogen-bond donors (Lipinski definition) is 1. The van der Waals surface area contributed by atoms with Gasteiger partial charge in [0, 0.05) is 33.7 Å². The lowest BCUT2D eigenvalue weighted by molar-refractivity contribution is -0.141. The SMILES string of the molecule is COCCNC(=O)C1CN(C(C)=O)C1. The van der Waals surface area contributed by atoms with Crippen LogP contribution in [0.15, 0.2) is 0 Å². The number of likely N-dealkylation sites (tertiary alicyclic amines) is 1. The van der Waals surface area contributed by atoms with Crippen molar-refractivity contribution in [1.82, 2.24) is 10.2 Å². The number of amides is 2. The van der Waals surface area contributed by atoms with E-state index in [0.717, 1.165) is 0 Å². The maximum Gasteiger partial charge on any atom is 0.226 e. The van der Waals surface area contributed by atoms with E-state index in [1.807, 2.05) is 0 Å². The molecular formula is C9H16N2O3. The van der Waals surface area contributed by atoms with Crippen LogP contribution in [0.3, 0.4) is 0 Å². The van der Waals surface area contributed by atoms with E-state index in [4.69, 9.17) is 4.74 Å².